The van der Waals surface area contributed by atoms with Crippen LogP contribution in [0, 0.1) is 11.7 Å². The second-order valence-electron chi connectivity index (χ2n) is 3.79. The molecular formula is C12H15ClFNO2. The summed E-state index contributed by atoms with van der Waals surface area (Å²) >= 11 is 5.62. The van der Waals surface area contributed by atoms with Gasteiger partial charge >= 0.3 is 0 Å². The van der Waals surface area contributed by atoms with E-state index in [0.717, 1.165) is 0 Å². The first-order valence-corrected chi connectivity index (χ1v) is 5.80. The lowest BCUT2D eigenvalue weighted by molar-refractivity contribution is 0.0942. The Hall–Kier alpha value is -1.29. The number of amides is 1. The molecule has 1 rings (SSSR count). The predicted molar refractivity (Wildman–Crippen MR) is 65.2 cm³/mol. The van der Waals surface area contributed by atoms with E-state index in [-0.39, 0.29) is 17.2 Å². The first-order chi connectivity index (χ1) is 8.10. The number of hydrogen-bond donors (Lipinski definition) is 1. The van der Waals surface area contributed by atoms with Gasteiger partial charge in [-0.2, -0.15) is 0 Å². The molecule has 0 aromatic heterocycles. The van der Waals surface area contributed by atoms with E-state index < -0.39 is 11.7 Å². The first-order valence-electron chi connectivity index (χ1n) is 5.26. The minimum Gasteiger partial charge on any atom is -0.496 e. The number of rotatable bonds is 5. The summed E-state index contributed by atoms with van der Waals surface area (Å²) in [6, 6.07) is 4.26. The third-order valence-corrected chi connectivity index (χ3v) is 2.82. The predicted octanol–water partition coefficient (Wildman–Crippen LogP) is 2.44. The maximum Gasteiger partial charge on any atom is 0.258 e. The molecule has 0 heterocycles. The minimum atomic E-state index is -0.597. The van der Waals surface area contributed by atoms with E-state index in [1.54, 1.807) is 6.07 Å². The molecule has 0 saturated heterocycles. The number of halogens is 2. The van der Waals surface area contributed by atoms with Gasteiger partial charge in [-0.25, -0.2) is 4.39 Å². The van der Waals surface area contributed by atoms with E-state index in [9.17, 15) is 9.18 Å². The lowest BCUT2D eigenvalue weighted by atomic mass is 10.1. The molecule has 1 aromatic carbocycles. The van der Waals surface area contributed by atoms with Crippen molar-refractivity contribution in [2.24, 2.45) is 5.92 Å². The molecule has 0 radical (unpaired) electrons. The van der Waals surface area contributed by atoms with Gasteiger partial charge in [-0.05, 0) is 18.1 Å². The Morgan fingerprint density at radius 2 is 2.29 bits per heavy atom. The topological polar surface area (TPSA) is 38.3 Å². The Bertz CT molecular complexity index is 398. The molecule has 1 unspecified atom stereocenters. The Morgan fingerprint density at radius 3 is 2.88 bits per heavy atom. The van der Waals surface area contributed by atoms with Crippen molar-refractivity contribution in [3.8, 4) is 5.75 Å². The minimum absolute atomic E-state index is 0.0724. The first kappa shape index (κ1) is 13.8. The second-order valence-corrected chi connectivity index (χ2v) is 4.10. The average Bonchev–Trinajstić information content (AvgIpc) is 2.34. The summed E-state index contributed by atoms with van der Waals surface area (Å²) in [5.41, 5.74) is -0.0724. The molecule has 3 nitrogen and oxygen atoms in total. The van der Waals surface area contributed by atoms with E-state index in [1.165, 1.54) is 19.2 Å². The monoisotopic (exact) mass is 259 g/mol. The van der Waals surface area contributed by atoms with Crippen LogP contribution in [0.15, 0.2) is 18.2 Å². The van der Waals surface area contributed by atoms with Gasteiger partial charge in [0, 0.05) is 12.4 Å². The second kappa shape index (κ2) is 6.45. The van der Waals surface area contributed by atoms with E-state index in [4.69, 9.17) is 16.3 Å². The maximum absolute atomic E-state index is 13.5. The molecule has 1 atom stereocenters. The smallest absolute Gasteiger partial charge is 0.258 e. The van der Waals surface area contributed by atoms with E-state index in [0.29, 0.717) is 12.4 Å². The fourth-order valence-corrected chi connectivity index (χ4v) is 1.41. The highest BCUT2D eigenvalue weighted by Gasteiger charge is 2.17. The molecule has 94 valence electrons. The summed E-state index contributed by atoms with van der Waals surface area (Å²) in [6.07, 6.45) is 0. The fourth-order valence-electron chi connectivity index (χ4n) is 1.30. The number of ether oxygens (including phenoxy) is 1. The molecule has 0 bridgehead atoms. The lowest BCUT2D eigenvalue weighted by Gasteiger charge is -2.12. The van der Waals surface area contributed by atoms with Gasteiger partial charge < -0.3 is 10.1 Å². The molecule has 0 aliphatic carbocycles. The Labute approximate surface area is 105 Å². The van der Waals surface area contributed by atoms with E-state index in [1.807, 2.05) is 6.92 Å². The molecule has 0 saturated carbocycles. The van der Waals surface area contributed by atoms with Crippen LogP contribution in [0.25, 0.3) is 0 Å². The number of carbonyl (C=O) groups is 1. The van der Waals surface area contributed by atoms with Gasteiger partial charge in [0.2, 0.25) is 0 Å². The normalized spacial score (nSPS) is 12.0. The van der Waals surface area contributed by atoms with Crippen LogP contribution in [0.2, 0.25) is 0 Å². The standard InChI is InChI=1S/C12H15ClFNO2/c1-8(6-13)7-15-12(16)11-9(14)4-3-5-10(11)17-2/h3-5,8H,6-7H2,1-2H3,(H,15,16). The van der Waals surface area contributed by atoms with Crippen molar-refractivity contribution in [2.75, 3.05) is 19.5 Å². The number of alkyl halides is 1. The van der Waals surface area contributed by atoms with Gasteiger partial charge in [-0.1, -0.05) is 13.0 Å². The van der Waals surface area contributed by atoms with Crippen molar-refractivity contribution in [1.29, 1.82) is 0 Å². The van der Waals surface area contributed by atoms with Crippen molar-refractivity contribution < 1.29 is 13.9 Å². The number of carbonyl (C=O) groups excluding carboxylic acids is 1. The van der Waals surface area contributed by atoms with Gasteiger partial charge in [0.25, 0.3) is 5.91 Å². The summed E-state index contributed by atoms with van der Waals surface area (Å²) in [7, 11) is 1.40. The molecular weight excluding hydrogens is 245 g/mol. The Morgan fingerprint density at radius 1 is 1.59 bits per heavy atom. The SMILES string of the molecule is COc1cccc(F)c1C(=O)NCC(C)CCl. The average molecular weight is 260 g/mol. The molecule has 1 N–H and O–H groups in total. The van der Waals surface area contributed by atoms with Crippen LogP contribution in [0.1, 0.15) is 17.3 Å². The maximum atomic E-state index is 13.5. The zero-order valence-corrected chi connectivity index (χ0v) is 10.6. The molecule has 0 aliphatic rings. The highest BCUT2D eigenvalue weighted by atomic mass is 35.5. The van der Waals surface area contributed by atoms with E-state index in [2.05, 4.69) is 5.32 Å². The molecule has 0 spiro atoms. The van der Waals surface area contributed by atoms with Crippen LogP contribution in [0.5, 0.6) is 5.75 Å². The van der Waals surface area contributed by atoms with Crippen molar-refractivity contribution in [1.82, 2.24) is 5.32 Å². The number of hydrogen-bond acceptors (Lipinski definition) is 2. The Kier molecular flexibility index (Phi) is 5.22. The molecule has 0 fully saturated rings. The summed E-state index contributed by atoms with van der Waals surface area (Å²) in [5.74, 6) is -0.286. The van der Waals surface area contributed by atoms with Crippen molar-refractivity contribution in [3.63, 3.8) is 0 Å². The number of benzene rings is 1. The zero-order chi connectivity index (χ0) is 12.8. The van der Waals surface area contributed by atoms with E-state index >= 15 is 0 Å². The Balaban J connectivity index is 2.81. The van der Waals surface area contributed by atoms with Crippen molar-refractivity contribution in [3.05, 3.63) is 29.6 Å². The molecule has 0 aliphatic heterocycles. The molecule has 5 heteroatoms. The molecule has 1 aromatic rings. The quantitative estimate of drug-likeness (QED) is 0.825. The van der Waals surface area contributed by atoms with Gasteiger partial charge in [0.05, 0.1) is 7.11 Å². The third kappa shape index (κ3) is 3.60. The van der Waals surface area contributed by atoms with Crippen LogP contribution >= 0.6 is 11.6 Å². The summed E-state index contributed by atoms with van der Waals surface area (Å²) in [5, 5.41) is 2.62. The third-order valence-electron chi connectivity index (χ3n) is 2.30. The van der Waals surface area contributed by atoms with Gasteiger partial charge in [0.15, 0.2) is 0 Å². The highest BCUT2D eigenvalue weighted by Crippen LogP contribution is 2.20. The van der Waals surface area contributed by atoms with Gasteiger partial charge in [0.1, 0.15) is 17.1 Å². The fraction of sp³-hybridized carbons (Fsp3) is 0.417. The lowest BCUT2D eigenvalue weighted by Crippen LogP contribution is -2.29. The zero-order valence-electron chi connectivity index (χ0n) is 9.80. The highest BCUT2D eigenvalue weighted by molar-refractivity contribution is 6.18. The van der Waals surface area contributed by atoms with Crippen molar-refractivity contribution in [2.45, 2.75) is 6.92 Å². The van der Waals surface area contributed by atoms with Crippen LogP contribution in [0.4, 0.5) is 4.39 Å². The van der Waals surface area contributed by atoms with Crippen molar-refractivity contribution >= 4 is 17.5 Å². The summed E-state index contributed by atoms with van der Waals surface area (Å²) < 4.78 is 18.5. The summed E-state index contributed by atoms with van der Waals surface area (Å²) in [6.45, 7) is 2.30. The van der Waals surface area contributed by atoms with Crippen LogP contribution in [-0.2, 0) is 0 Å². The van der Waals surface area contributed by atoms with Crippen LogP contribution < -0.4 is 10.1 Å². The summed E-state index contributed by atoms with van der Waals surface area (Å²) in [4.78, 5) is 11.8. The van der Waals surface area contributed by atoms with Crippen LogP contribution in [0.3, 0.4) is 0 Å². The van der Waals surface area contributed by atoms with Gasteiger partial charge in [-0.3, -0.25) is 4.79 Å². The number of methoxy groups -OCH3 is 1. The molecule has 17 heavy (non-hydrogen) atoms. The molecule has 1 amide bonds. The number of nitrogens with one attached hydrogen (secondary N) is 1. The van der Waals surface area contributed by atoms with Gasteiger partial charge in [-0.15, -0.1) is 11.6 Å². The van der Waals surface area contributed by atoms with Crippen LogP contribution in [-0.4, -0.2) is 25.4 Å². The largest absolute Gasteiger partial charge is 0.496 e.